The minimum atomic E-state index is 0.290. The number of ether oxygens (including phenoxy) is 3. The Morgan fingerprint density at radius 1 is 1.23 bits per heavy atom. The molecular formula is C17H28ClNO3. The fraction of sp³-hybridized carbons (Fsp3) is 0.647. The number of nitrogens with one attached hydrogen (secondary N) is 1. The first-order valence-electron chi connectivity index (χ1n) is 7.90. The van der Waals surface area contributed by atoms with Gasteiger partial charge in [-0.05, 0) is 50.9 Å². The Morgan fingerprint density at radius 3 is 2.64 bits per heavy atom. The fourth-order valence-electron chi connectivity index (χ4n) is 1.97. The van der Waals surface area contributed by atoms with Crippen molar-refractivity contribution in [2.24, 2.45) is 0 Å². The molecule has 1 rings (SSSR count). The lowest BCUT2D eigenvalue weighted by molar-refractivity contribution is 0.0770. The zero-order valence-electron chi connectivity index (χ0n) is 14.1. The molecule has 4 nitrogen and oxygen atoms in total. The molecule has 0 spiro atoms. The Morgan fingerprint density at radius 2 is 2.00 bits per heavy atom. The second-order valence-electron chi connectivity index (χ2n) is 5.41. The lowest BCUT2D eigenvalue weighted by Gasteiger charge is -2.14. The van der Waals surface area contributed by atoms with E-state index in [1.807, 2.05) is 26.0 Å². The number of rotatable bonds is 11. The first-order valence-corrected chi connectivity index (χ1v) is 8.27. The molecule has 0 amide bonds. The Balaban J connectivity index is 2.48. The summed E-state index contributed by atoms with van der Waals surface area (Å²) >= 11 is 6.29. The summed E-state index contributed by atoms with van der Waals surface area (Å²) in [7, 11) is 1.63. The van der Waals surface area contributed by atoms with Crippen LogP contribution in [-0.4, -0.2) is 33.0 Å². The van der Waals surface area contributed by atoms with Gasteiger partial charge in [-0.1, -0.05) is 18.5 Å². The predicted octanol–water partition coefficient (Wildman–Crippen LogP) is 4.04. The number of methoxy groups -OCH3 is 1. The van der Waals surface area contributed by atoms with Crippen LogP contribution in [0.2, 0.25) is 5.02 Å². The second-order valence-corrected chi connectivity index (χ2v) is 5.81. The van der Waals surface area contributed by atoms with Gasteiger partial charge >= 0.3 is 0 Å². The van der Waals surface area contributed by atoms with Gasteiger partial charge in [0.15, 0.2) is 11.5 Å². The molecule has 1 aromatic carbocycles. The summed E-state index contributed by atoms with van der Waals surface area (Å²) in [5, 5.41) is 3.97. The van der Waals surface area contributed by atoms with Gasteiger partial charge in [-0.15, -0.1) is 0 Å². The third kappa shape index (κ3) is 6.86. The maximum atomic E-state index is 6.29. The fourth-order valence-corrected chi connectivity index (χ4v) is 2.26. The molecule has 5 heteroatoms. The van der Waals surface area contributed by atoms with Crippen LogP contribution in [0.4, 0.5) is 0 Å². The molecule has 0 atom stereocenters. The van der Waals surface area contributed by atoms with Crippen LogP contribution in [0.25, 0.3) is 0 Å². The van der Waals surface area contributed by atoms with Gasteiger partial charge in [-0.25, -0.2) is 0 Å². The quantitative estimate of drug-likeness (QED) is 0.622. The largest absolute Gasteiger partial charge is 0.493 e. The first-order chi connectivity index (χ1) is 10.6. The molecule has 1 N–H and O–H groups in total. The number of halogens is 1. The van der Waals surface area contributed by atoms with Crippen molar-refractivity contribution in [2.75, 3.05) is 26.9 Å². The van der Waals surface area contributed by atoms with Crippen LogP contribution in [-0.2, 0) is 11.3 Å². The van der Waals surface area contributed by atoms with Gasteiger partial charge in [0.2, 0.25) is 0 Å². The van der Waals surface area contributed by atoms with Gasteiger partial charge in [0.1, 0.15) is 0 Å². The Labute approximate surface area is 139 Å². The third-order valence-corrected chi connectivity index (χ3v) is 3.30. The van der Waals surface area contributed by atoms with E-state index >= 15 is 0 Å². The minimum Gasteiger partial charge on any atom is -0.493 e. The molecule has 0 unspecified atom stereocenters. The predicted molar refractivity (Wildman–Crippen MR) is 91.2 cm³/mol. The van der Waals surface area contributed by atoms with E-state index in [9.17, 15) is 0 Å². The van der Waals surface area contributed by atoms with Crippen LogP contribution in [0.5, 0.6) is 11.5 Å². The molecule has 0 radical (unpaired) electrons. The molecular weight excluding hydrogens is 302 g/mol. The van der Waals surface area contributed by atoms with E-state index in [-0.39, 0.29) is 0 Å². The standard InChI is InChI=1S/C17H28ClNO3/c1-5-8-22-17-15(18)10-14(11-16(17)20-4)12-19-7-6-9-21-13(2)3/h10-11,13,19H,5-9,12H2,1-4H3. The van der Waals surface area contributed by atoms with E-state index in [0.717, 1.165) is 38.1 Å². The highest BCUT2D eigenvalue weighted by molar-refractivity contribution is 6.32. The van der Waals surface area contributed by atoms with Crippen LogP contribution in [0.1, 0.15) is 39.2 Å². The smallest absolute Gasteiger partial charge is 0.179 e. The molecule has 0 saturated carbocycles. The van der Waals surface area contributed by atoms with Gasteiger partial charge in [0.25, 0.3) is 0 Å². The van der Waals surface area contributed by atoms with Crippen LogP contribution >= 0.6 is 11.6 Å². The monoisotopic (exact) mass is 329 g/mol. The molecule has 22 heavy (non-hydrogen) atoms. The maximum absolute atomic E-state index is 6.29. The normalized spacial score (nSPS) is 11.0. The molecule has 0 fully saturated rings. The van der Waals surface area contributed by atoms with Gasteiger partial charge in [-0.2, -0.15) is 0 Å². The zero-order valence-corrected chi connectivity index (χ0v) is 14.8. The molecule has 0 aliphatic heterocycles. The van der Waals surface area contributed by atoms with Gasteiger partial charge in [0, 0.05) is 13.2 Å². The SMILES string of the molecule is CCCOc1c(Cl)cc(CNCCCOC(C)C)cc1OC. The Hall–Kier alpha value is -0.970. The van der Waals surface area contributed by atoms with Crippen LogP contribution in [0.3, 0.4) is 0 Å². The van der Waals surface area contributed by atoms with E-state index in [1.54, 1.807) is 7.11 Å². The summed E-state index contributed by atoms with van der Waals surface area (Å²) in [6, 6.07) is 3.89. The summed E-state index contributed by atoms with van der Waals surface area (Å²) in [5.74, 6) is 1.31. The summed E-state index contributed by atoms with van der Waals surface area (Å²) in [6.45, 7) is 9.20. The van der Waals surface area contributed by atoms with Crippen molar-refractivity contribution in [1.82, 2.24) is 5.32 Å². The maximum Gasteiger partial charge on any atom is 0.179 e. The molecule has 0 aliphatic carbocycles. The molecule has 0 aromatic heterocycles. The summed E-state index contributed by atoms with van der Waals surface area (Å²) in [4.78, 5) is 0. The van der Waals surface area contributed by atoms with Crippen LogP contribution in [0, 0.1) is 0 Å². The average molecular weight is 330 g/mol. The third-order valence-electron chi connectivity index (χ3n) is 3.02. The highest BCUT2D eigenvalue weighted by Gasteiger charge is 2.11. The molecule has 0 heterocycles. The lowest BCUT2D eigenvalue weighted by Crippen LogP contribution is -2.17. The van der Waals surface area contributed by atoms with Crippen LogP contribution < -0.4 is 14.8 Å². The molecule has 0 bridgehead atoms. The second kappa shape index (κ2) is 10.7. The minimum absolute atomic E-state index is 0.290. The van der Waals surface area contributed by atoms with Crippen molar-refractivity contribution in [2.45, 2.75) is 46.3 Å². The zero-order chi connectivity index (χ0) is 16.4. The summed E-state index contributed by atoms with van der Waals surface area (Å²) in [6.07, 6.45) is 2.21. The van der Waals surface area contributed by atoms with Crippen molar-refractivity contribution in [3.05, 3.63) is 22.7 Å². The number of benzene rings is 1. The average Bonchev–Trinajstić information content (AvgIpc) is 2.48. The first kappa shape index (κ1) is 19.1. The van der Waals surface area contributed by atoms with Crippen LogP contribution in [0.15, 0.2) is 12.1 Å². The van der Waals surface area contributed by atoms with E-state index in [1.165, 1.54) is 0 Å². The highest BCUT2D eigenvalue weighted by atomic mass is 35.5. The van der Waals surface area contributed by atoms with Gasteiger partial charge in [-0.3, -0.25) is 0 Å². The van der Waals surface area contributed by atoms with E-state index < -0.39 is 0 Å². The van der Waals surface area contributed by atoms with E-state index in [4.69, 9.17) is 25.8 Å². The van der Waals surface area contributed by atoms with Crippen molar-refractivity contribution >= 4 is 11.6 Å². The van der Waals surface area contributed by atoms with E-state index in [2.05, 4.69) is 12.2 Å². The highest BCUT2D eigenvalue weighted by Crippen LogP contribution is 2.36. The molecule has 0 saturated heterocycles. The van der Waals surface area contributed by atoms with Crippen molar-refractivity contribution in [1.29, 1.82) is 0 Å². The summed E-state index contributed by atoms with van der Waals surface area (Å²) in [5.41, 5.74) is 1.08. The summed E-state index contributed by atoms with van der Waals surface area (Å²) < 4.78 is 16.5. The topological polar surface area (TPSA) is 39.7 Å². The molecule has 126 valence electrons. The van der Waals surface area contributed by atoms with Crippen molar-refractivity contribution in [3.63, 3.8) is 0 Å². The van der Waals surface area contributed by atoms with Gasteiger partial charge in [0.05, 0.1) is 24.8 Å². The Kier molecular flexibility index (Phi) is 9.28. The molecule has 1 aromatic rings. The number of hydrogen-bond donors (Lipinski definition) is 1. The number of hydrogen-bond acceptors (Lipinski definition) is 4. The lowest BCUT2D eigenvalue weighted by atomic mass is 10.2. The van der Waals surface area contributed by atoms with Crippen molar-refractivity contribution < 1.29 is 14.2 Å². The van der Waals surface area contributed by atoms with Gasteiger partial charge < -0.3 is 19.5 Å². The van der Waals surface area contributed by atoms with Crippen molar-refractivity contribution in [3.8, 4) is 11.5 Å². The Bertz CT molecular complexity index is 438. The van der Waals surface area contributed by atoms with E-state index in [0.29, 0.717) is 29.2 Å². The molecule has 0 aliphatic rings.